The first-order chi connectivity index (χ1) is 15.6. The number of H-pyrrole nitrogens is 1. The van der Waals surface area contributed by atoms with E-state index in [-0.39, 0.29) is 0 Å². The number of aromatic nitrogens is 3. The monoisotopic (exact) mass is 432 g/mol. The van der Waals surface area contributed by atoms with Gasteiger partial charge in [0.25, 0.3) is 0 Å². The van der Waals surface area contributed by atoms with Gasteiger partial charge in [0.2, 0.25) is 0 Å². The second kappa shape index (κ2) is 12.2. The molecule has 0 bridgehead atoms. The van der Waals surface area contributed by atoms with Gasteiger partial charge < -0.3 is 5.32 Å². The fourth-order valence-electron chi connectivity index (χ4n) is 3.95. The lowest BCUT2D eigenvalue weighted by Crippen LogP contribution is -1.96. The van der Waals surface area contributed by atoms with E-state index in [1.807, 2.05) is 40.9 Å². The molecule has 172 valence electrons. The number of pyridine rings is 1. The molecular formula is C28H40N4. The van der Waals surface area contributed by atoms with E-state index in [4.69, 9.17) is 0 Å². The number of rotatable bonds is 3. The molecule has 0 atom stereocenters. The van der Waals surface area contributed by atoms with Crippen LogP contribution in [0.15, 0.2) is 48.7 Å². The number of aromatic amines is 1. The van der Waals surface area contributed by atoms with Crippen LogP contribution < -0.4 is 5.32 Å². The Balaban J connectivity index is 0.000000203. The molecule has 1 fully saturated rings. The van der Waals surface area contributed by atoms with Gasteiger partial charge in [-0.05, 0) is 65.6 Å². The Morgan fingerprint density at radius 1 is 0.969 bits per heavy atom. The average molecular weight is 433 g/mol. The van der Waals surface area contributed by atoms with E-state index in [0.29, 0.717) is 5.92 Å². The summed E-state index contributed by atoms with van der Waals surface area (Å²) in [6.45, 7) is 14.6. The van der Waals surface area contributed by atoms with Gasteiger partial charge in [-0.3, -0.25) is 5.10 Å². The minimum Gasteiger partial charge on any atom is -0.373 e. The molecular weight excluding hydrogens is 392 g/mol. The van der Waals surface area contributed by atoms with Gasteiger partial charge in [0.1, 0.15) is 5.82 Å². The number of anilines is 1. The van der Waals surface area contributed by atoms with E-state index < -0.39 is 0 Å². The van der Waals surface area contributed by atoms with Crippen molar-refractivity contribution in [3.8, 4) is 0 Å². The molecule has 2 N–H and O–H groups in total. The van der Waals surface area contributed by atoms with Gasteiger partial charge in [-0.25, -0.2) is 4.98 Å². The fraction of sp³-hybridized carbons (Fsp3) is 0.429. The highest BCUT2D eigenvalue weighted by Crippen LogP contribution is 2.41. The molecule has 0 saturated heterocycles. The molecule has 1 aliphatic rings. The van der Waals surface area contributed by atoms with Crippen LogP contribution in [0.2, 0.25) is 0 Å². The van der Waals surface area contributed by atoms with Crippen LogP contribution in [0.5, 0.6) is 0 Å². The smallest absolute Gasteiger partial charge is 0.125 e. The van der Waals surface area contributed by atoms with E-state index in [1.165, 1.54) is 45.8 Å². The SMILES string of the molecule is CC.CC.CC(C)c1c2ccccc2cc2[nH]ncc12.CNc1ccc(C2CC2)c(C)n1. The van der Waals surface area contributed by atoms with Crippen LogP contribution >= 0.6 is 0 Å². The average Bonchev–Trinajstić information content (AvgIpc) is 3.57. The van der Waals surface area contributed by atoms with Crippen molar-refractivity contribution in [1.82, 2.24) is 15.2 Å². The van der Waals surface area contributed by atoms with Gasteiger partial charge in [0.15, 0.2) is 0 Å². The molecule has 32 heavy (non-hydrogen) atoms. The Morgan fingerprint density at radius 2 is 1.66 bits per heavy atom. The first kappa shape index (κ1) is 25.4. The summed E-state index contributed by atoms with van der Waals surface area (Å²) in [5.74, 6) is 2.28. The molecule has 0 spiro atoms. The van der Waals surface area contributed by atoms with Crippen molar-refractivity contribution in [2.75, 3.05) is 12.4 Å². The van der Waals surface area contributed by atoms with Gasteiger partial charge in [-0.2, -0.15) is 5.10 Å². The first-order valence-electron chi connectivity index (χ1n) is 12.1. The molecule has 1 saturated carbocycles. The minimum absolute atomic E-state index is 0.506. The summed E-state index contributed by atoms with van der Waals surface area (Å²) in [7, 11) is 1.90. The third kappa shape index (κ3) is 5.87. The molecule has 2 aromatic carbocycles. The minimum atomic E-state index is 0.506. The third-order valence-corrected chi connectivity index (χ3v) is 5.49. The zero-order chi connectivity index (χ0) is 23.7. The number of nitrogens with zero attached hydrogens (tertiary/aromatic N) is 2. The normalized spacial score (nSPS) is 12.3. The molecule has 0 radical (unpaired) electrons. The maximum absolute atomic E-state index is 4.44. The molecule has 1 aliphatic carbocycles. The summed E-state index contributed by atoms with van der Waals surface area (Å²) < 4.78 is 0. The number of benzene rings is 2. The number of hydrogen-bond donors (Lipinski definition) is 2. The van der Waals surface area contributed by atoms with E-state index in [0.717, 1.165) is 17.3 Å². The zero-order valence-corrected chi connectivity index (χ0v) is 21.1. The number of hydrogen-bond acceptors (Lipinski definition) is 3. The third-order valence-electron chi connectivity index (χ3n) is 5.49. The Kier molecular flexibility index (Phi) is 9.70. The van der Waals surface area contributed by atoms with Crippen molar-refractivity contribution in [3.05, 3.63) is 65.5 Å². The maximum atomic E-state index is 4.44. The highest BCUT2D eigenvalue weighted by molar-refractivity contribution is 6.00. The van der Waals surface area contributed by atoms with E-state index in [2.05, 4.69) is 83.7 Å². The van der Waals surface area contributed by atoms with Crippen LogP contribution in [0.1, 0.15) is 83.0 Å². The first-order valence-corrected chi connectivity index (χ1v) is 12.1. The van der Waals surface area contributed by atoms with Gasteiger partial charge in [-0.1, -0.05) is 71.9 Å². The Morgan fingerprint density at radius 3 is 2.25 bits per heavy atom. The lowest BCUT2D eigenvalue weighted by atomic mass is 9.93. The lowest BCUT2D eigenvalue weighted by Gasteiger charge is -2.11. The highest BCUT2D eigenvalue weighted by Gasteiger charge is 2.25. The van der Waals surface area contributed by atoms with Crippen LogP contribution in [-0.4, -0.2) is 22.2 Å². The summed E-state index contributed by atoms with van der Waals surface area (Å²) in [4.78, 5) is 4.44. The van der Waals surface area contributed by atoms with Crippen molar-refractivity contribution in [1.29, 1.82) is 0 Å². The van der Waals surface area contributed by atoms with Gasteiger partial charge >= 0.3 is 0 Å². The predicted molar refractivity (Wildman–Crippen MR) is 141 cm³/mol. The van der Waals surface area contributed by atoms with Crippen LogP contribution in [0, 0.1) is 6.92 Å². The van der Waals surface area contributed by atoms with E-state index >= 15 is 0 Å². The molecule has 2 aromatic heterocycles. The summed E-state index contributed by atoms with van der Waals surface area (Å²) in [5.41, 5.74) is 5.14. The van der Waals surface area contributed by atoms with Crippen molar-refractivity contribution in [2.45, 2.75) is 73.1 Å². The molecule has 4 nitrogen and oxygen atoms in total. The largest absolute Gasteiger partial charge is 0.373 e. The highest BCUT2D eigenvalue weighted by atomic mass is 15.1. The van der Waals surface area contributed by atoms with Gasteiger partial charge in [0, 0.05) is 18.1 Å². The van der Waals surface area contributed by atoms with Crippen LogP contribution in [0.3, 0.4) is 0 Å². The Bertz CT molecular complexity index is 1110. The molecule has 4 heteroatoms. The second-order valence-corrected chi connectivity index (χ2v) is 7.89. The molecule has 4 aromatic rings. The number of fused-ring (bicyclic) bond motifs is 2. The standard InChI is InChI=1S/C14H14N2.C10H14N2.2C2H6/c1-9(2)14-11-6-4-3-5-10(11)7-13-12(14)8-15-16-13;1-7-9(8-3-4-8)5-6-10(11-2)12-7;2*1-2/h3-9H,1-2H3,(H,15,16);5-6,8H,3-4H2,1-2H3,(H,11,12);2*1-2H3. The molecule has 5 rings (SSSR count). The molecule has 0 unspecified atom stereocenters. The molecule has 2 heterocycles. The molecule has 0 aliphatic heterocycles. The zero-order valence-electron chi connectivity index (χ0n) is 21.1. The number of nitrogens with one attached hydrogen (secondary N) is 2. The predicted octanol–water partition coefficient (Wildman–Crippen LogP) is 8.20. The van der Waals surface area contributed by atoms with Crippen LogP contribution in [0.4, 0.5) is 5.82 Å². The summed E-state index contributed by atoms with van der Waals surface area (Å²) in [5, 5.41) is 14.1. The fourth-order valence-corrected chi connectivity index (χ4v) is 3.95. The van der Waals surface area contributed by atoms with Gasteiger partial charge in [0.05, 0.1) is 11.7 Å². The summed E-state index contributed by atoms with van der Waals surface area (Å²) in [6, 6.07) is 14.9. The van der Waals surface area contributed by atoms with Crippen molar-refractivity contribution < 1.29 is 0 Å². The summed E-state index contributed by atoms with van der Waals surface area (Å²) >= 11 is 0. The van der Waals surface area contributed by atoms with Crippen molar-refractivity contribution >= 4 is 27.5 Å². The quantitative estimate of drug-likeness (QED) is 0.343. The van der Waals surface area contributed by atoms with Crippen LogP contribution in [0.25, 0.3) is 21.7 Å². The van der Waals surface area contributed by atoms with E-state index in [9.17, 15) is 0 Å². The summed E-state index contributed by atoms with van der Waals surface area (Å²) in [6.07, 6.45) is 4.62. The topological polar surface area (TPSA) is 53.6 Å². The Hall–Kier alpha value is -2.88. The maximum Gasteiger partial charge on any atom is 0.125 e. The lowest BCUT2D eigenvalue weighted by molar-refractivity contribution is 0.885. The number of aryl methyl sites for hydroxylation is 1. The van der Waals surface area contributed by atoms with Crippen LogP contribution in [-0.2, 0) is 0 Å². The second-order valence-electron chi connectivity index (χ2n) is 7.89. The van der Waals surface area contributed by atoms with Crippen molar-refractivity contribution in [2.24, 2.45) is 0 Å². The van der Waals surface area contributed by atoms with Gasteiger partial charge in [-0.15, -0.1) is 0 Å². The Labute approximate surface area is 193 Å². The van der Waals surface area contributed by atoms with Crippen molar-refractivity contribution in [3.63, 3.8) is 0 Å². The molecule has 0 amide bonds. The van der Waals surface area contributed by atoms with E-state index in [1.54, 1.807) is 0 Å².